The molecule has 1 N–H and O–H groups in total. The Morgan fingerprint density at radius 3 is 1.87 bits per heavy atom. The van der Waals surface area contributed by atoms with Crippen molar-refractivity contribution in [2.75, 3.05) is 0 Å². The Labute approximate surface area is 222 Å². The van der Waals surface area contributed by atoms with Gasteiger partial charge in [0.05, 0.1) is 5.56 Å². The van der Waals surface area contributed by atoms with Gasteiger partial charge in [-0.15, -0.1) is 11.8 Å². The van der Waals surface area contributed by atoms with E-state index in [1.165, 1.54) is 23.9 Å². The number of alkyl halides is 3. The van der Waals surface area contributed by atoms with E-state index in [1.54, 1.807) is 50.2 Å². The lowest BCUT2D eigenvalue weighted by molar-refractivity contribution is -0.146. The third-order valence-electron chi connectivity index (χ3n) is 5.93. The van der Waals surface area contributed by atoms with Crippen LogP contribution < -0.4 is 4.74 Å². The number of benzene rings is 3. The van der Waals surface area contributed by atoms with E-state index in [-0.39, 0.29) is 6.01 Å². The van der Waals surface area contributed by atoms with Crippen LogP contribution in [0.2, 0.25) is 0 Å². The molecule has 9 heteroatoms. The maximum atomic E-state index is 13.4. The Kier molecular flexibility index (Phi) is 8.06. The van der Waals surface area contributed by atoms with Crippen LogP contribution in [0, 0.1) is 13.8 Å². The molecule has 3 aromatic carbocycles. The van der Waals surface area contributed by atoms with Gasteiger partial charge < -0.3 is 9.84 Å². The number of carboxylic acids is 1. The molecule has 4 rings (SSSR count). The van der Waals surface area contributed by atoms with Gasteiger partial charge >= 0.3 is 18.2 Å². The first-order valence-corrected chi connectivity index (χ1v) is 12.7. The van der Waals surface area contributed by atoms with E-state index in [0.717, 1.165) is 17.7 Å². The Morgan fingerprint density at radius 2 is 1.34 bits per heavy atom. The zero-order valence-electron chi connectivity index (χ0n) is 20.6. The second-order valence-corrected chi connectivity index (χ2v) is 9.94. The molecule has 0 radical (unpaired) electrons. The summed E-state index contributed by atoms with van der Waals surface area (Å²) in [5.41, 5.74) is 2.16. The lowest BCUT2D eigenvalue weighted by Gasteiger charge is -2.39. The van der Waals surface area contributed by atoms with Crippen molar-refractivity contribution in [2.24, 2.45) is 0 Å². The van der Waals surface area contributed by atoms with Gasteiger partial charge in [-0.2, -0.15) is 13.2 Å². The number of halogens is 3. The molecule has 2 atom stereocenters. The summed E-state index contributed by atoms with van der Waals surface area (Å²) in [4.78, 5) is 21.5. The van der Waals surface area contributed by atoms with Crippen molar-refractivity contribution in [3.05, 3.63) is 125 Å². The fraction of sp³-hybridized carbons (Fsp3) is 0.207. The summed E-state index contributed by atoms with van der Waals surface area (Å²) in [6.45, 7) is 3.48. The molecule has 0 saturated carbocycles. The molecule has 0 aliphatic rings. The van der Waals surface area contributed by atoms with Gasteiger partial charge in [0.1, 0.15) is 4.75 Å². The molecular weight excluding hydrogens is 513 g/mol. The summed E-state index contributed by atoms with van der Waals surface area (Å²) < 4.78 is 44.8. The average molecular weight is 539 g/mol. The molecule has 0 unspecified atom stereocenters. The van der Waals surface area contributed by atoms with Gasteiger partial charge in [-0.05, 0) is 48.7 Å². The molecule has 0 saturated heterocycles. The lowest BCUT2D eigenvalue weighted by Crippen LogP contribution is -2.47. The summed E-state index contributed by atoms with van der Waals surface area (Å²) in [5.74, 6) is -0.950. The van der Waals surface area contributed by atoms with E-state index >= 15 is 0 Å². The van der Waals surface area contributed by atoms with Crippen molar-refractivity contribution < 1.29 is 27.8 Å². The predicted octanol–water partition coefficient (Wildman–Crippen LogP) is 6.82. The highest BCUT2D eigenvalue weighted by Crippen LogP contribution is 2.49. The number of aliphatic carboxylic acids is 1. The van der Waals surface area contributed by atoms with Crippen LogP contribution in [0.5, 0.6) is 6.01 Å². The summed E-state index contributed by atoms with van der Waals surface area (Å²) in [5, 5.41) is 10.5. The lowest BCUT2D eigenvalue weighted by atomic mass is 9.84. The third kappa shape index (κ3) is 5.99. The van der Waals surface area contributed by atoms with Crippen LogP contribution >= 0.6 is 11.8 Å². The summed E-state index contributed by atoms with van der Waals surface area (Å²) in [7, 11) is 0. The molecule has 5 nitrogen and oxygen atoms in total. The van der Waals surface area contributed by atoms with Gasteiger partial charge in [0.2, 0.25) is 6.10 Å². The van der Waals surface area contributed by atoms with E-state index < -0.39 is 28.6 Å². The van der Waals surface area contributed by atoms with E-state index in [9.17, 15) is 23.1 Å². The zero-order chi connectivity index (χ0) is 27.3. The average Bonchev–Trinajstić information content (AvgIpc) is 2.88. The van der Waals surface area contributed by atoms with Gasteiger partial charge in [0, 0.05) is 17.1 Å². The van der Waals surface area contributed by atoms with Gasteiger partial charge in [-0.25, -0.2) is 14.8 Å². The summed E-state index contributed by atoms with van der Waals surface area (Å²) in [6.07, 6.45) is -6.13. The standard InChI is InChI=1S/C29H25F3N2O3S/c1-19-17-20(2)34-27(33-19)37-25(26(35)36)28(22-11-7-4-8-12-22,38-18-21-9-5-3-6-10-21)23-13-15-24(16-14-23)29(30,31)32/h3-17,25H,18H2,1-2H3,(H,35,36)/t25-,28-/m1/s1. The van der Waals surface area contributed by atoms with Crippen molar-refractivity contribution in [3.8, 4) is 6.01 Å². The molecule has 0 fully saturated rings. The number of hydrogen-bond acceptors (Lipinski definition) is 5. The van der Waals surface area contributed by atoms with Crippen LogP contribution in [0.4, 0.5) is 13.2 Å². The van der Waals surface area contributed by atoms with Crippen LogP contribution in [0.15, 0.2) is 91.0 Å². The molecule has 0 spiro atoms. The van der Waals surface area contributed by atoms with E-state index in [4.69, 9.17) is 4.74 Å². The van der Waals surface area contributed by atoms with Gasteiger partial charge in [-0.1, -0.05) is 72.8 Å². The fourth-order valence-corrected chi connectivity index (χ4v) is 5.73. The van der Waals surface area contributed by atoms with Crippen LogP contribution in [-0.4, -0.2) is 27.1 Å². The number of aryl methyl sites for hydroxylation is 2. The van der Waals surface area contributed by atoms with E-state index in [2.05, 4.69) is 9.97 Å². The minimum atomic E-state index is -4.54. The first-order valence-electron chi connectivity index (χ1n) is 11.7. The monoisotopic (exact) mass is 538 g/mol. The second kappa shape index (κ2) is 11.3. The van der Waals surface area contributed by atoms with Gasteiger partial charge in [0.25, 0.3) is 0 Å². The van der Waals surface area contributed by atoms with Crippen molar-refractivity contribution in [1.29, 1.82) is 0 Å². The molecule has 4 aromatic rings. The maximum Gasteiger partial charge on any atom is 0.416 e. The van der Waals surface area contributed by atoms with Crippen LogP contribution in [-0.2, 0) is 21.5 Å². The second-order valence-electron chi connectivity index (χ2n) is 8.72. The summed E-state index contributed by atoms with van der Waals surface area (Å²) >= 11 is 1.26. The number of nitrogens with zero attached hydrogens (tertiary/aromatic N) is 2. The smallest absolute Gasteiger partial charge is 0.416 e. The van der Waals surface area contributed by atoms with Crippen molar-refractivity contribution in [1.82, 2.24) is 9.97 Å². The molecule has 1 aromatic heterocycles. The Morgan fingerprint density at radius 1 is 0.842 bits per heavy atom. The number of rotatable bonds is 9. The Hall–Kier alpha value is -3.85. The van der Waals surface area contributed by atoms with Crippen molar-refractivity contribution in [2.45, 2.75) is 36.6 Å². The highest BCUT2D eigenvalue weighted by molar-refractivity contribution is 7.99. The molecule has 1 heterocycles. The minimum absolute atomic E-state index is 0.123. The third-order valence-corrected chi connectivity index (χ3v) is 7.55. The Bertz CT molecular complexity index is 1360. The zero-order valence-corrected chi connectivity index (χ0v) is 21.5. The van der Waals surface area contributed by atoms with Crippen LogP contribution in [0.1, 0.15) is 33.6 Å². The molecule has 0 aliphatic carbocycles. The molecular formula is C29H25F3N2O3S. The number of hydrogen-bond donors (Lipinski definition) is 1. The topological polar surface area (TPSA) is 72.3 Å². The number of aromatic nitrogens is 2. The predicted molar refractivity (Wildman–Crippen MR) is 140 cm³/mol. The fourth-order valence-electron chi connectivity index (χ4n) is 4.23. The van der Waals surface area contributed by atoms with Gasteiger partial charge in [0.15, 0.2) is 0 Å². The molecule has 196 valence electrons. The molecule has 0 aliphatic heterocycles. The summed E-state index contributed by atoms with van der Waals surface area (Å²) in [6, 6.07) is 24.4. The first kappa shape index (κ1) is 27.2. The van der Waals surface area contributed by atoms with E-state index in [0.29, 0.717) is 28.3 Å². The first-order chi connectivity index (χ1) is 18.1. The number of ether oxygens (including phenoxy) is 1. The largest absolute Gasteiger partial charge is 0.478 e. The molecule has 38 heavy (non-hydrogen) atoms. The highest BCUT2D eigenvalue weighted by Gasteiger charge is 2.49. The quantitative estimate of drug-likeness (QED) is 0.252. The molecule has 0 bridgehead atoms. The minimum Gasteiger partial charge on any atom is -0.478 e. The highest BCUT2D eigenvalue weighted by atomic mass is 32.2. The van der Waals surface area contributed by atoms with Gasteiger partial charge in [-0.3, -0.25) is 0 Å². The number of carbonyl (C=O) groups is 1. The van der Waals surface area contributed by atoms with E-state index in [1.807, 2.05) is 30.3 Å². The van der Waals surface area contributed by atoms with Crippen LogP contribution in [0.3, 0.4) is 0 Å². The number of thioether (sulfide) groups is 1. The number of carboxylic acid groups (broad SMARTS) is 1. The molecule has 0 amide bonds. The SMILES string of the molecule is Cc1cc(C)nc(O[C@H](C(=O)O)[C@@](SCc2ccccc2)(c2ccccc2)c2ccc(C(F)(F)F)cc2)n1. The van der Waals surface area contributed by atoms with Crippen molar-refractivity contribution >= 4 is 17.7 Å². The maximum absolute atomic E-state index is 13.4. The Balaban J connectivity index is 1.93. The van der Waals surface area contributed by atoms with Crippen molar-refractivity contribution in [3.63, 3.8) is 0 Å². The normalized spacial score (nSPS) is 13.9. The van der Waals surface area contributed by atoms with Crippen LogP contribution in [0.25, 0.3) is 0 Å².